The van der Waals surface area contributed by atoms with E-state index in [1.807, 2.05) is 59.5 Å². The van der Waals surface area contributed by atoms with Gasteiger partial charge in [-0.3, -0.25) is 9.59 Å². The minimum absolute atomic E-state index is 0.145. The van der Waals surface area contributed by atoms with Gasteiger partial charge in [0.2, 0.25) is 0 Å². The molecule has 6 rings (SSSR count). The predicted molar refractivity (Wildman–Crippen MR) is 177 cm³/mol. The van der Waals surface area contributed by atoms with Gasteiger partial charge in [-0.1, -0.05) is 36.4 Å². The Morgan fingerprint density at radius 3 is 2.51 bits per heavy atom. The Kier molecular flexibility index (Phi) is 8.60. The van der Waals surface area contributed by atoms with Crippen LogP contribution in [0.1, 0.15) is 38.7 Å². The third-order valence-corrected chi connectivity index (χ3v) is 8.40. The number of hydrogen-bond acceptors (Lipinski definition) is 8. The number of esters is 1. The molecule has 0 spiro atoms. The number of fused-ring (bicyclic) bond motifs is 1. The monoisotopic (exact) mass is 606 g/mol. The quantitative estimate of drug-likeness (QED) is 0.140. The molecule has 0 saturated carbocycles. The SMILES string of the molecule is CCOC(=O)[C@H](Cc1ccc(Nc2nc(-c3ccc(F)cc3)cc3ccccc23)cc1)Nc1c(N2CCCCC2C)c(=O)c1=O. The fourth-order valence-corrected chi connectivity index (χ4v) is 5.99. The van der Waals surface area contributed by atoms with E-state index in [-0.39, 0.29) is 30.6 Å². The number of ether oxygens (including phenoxy) is 1. The molecule has 2 heterocycles. The normalized spacial score (nSPS) is 15.6. The molecule has 1 saturated heterocycles. The molecule has 1 unspecified atom stereocenters. The summed E-state index contributed by atoms with van der Waals surface area (Å²) in [6.07, 6.45) is 3.24. The van der Waals surface area contributed by atoms with Crippen LogP contribution in [0.25, 0.3) is 22.0 Å². The Bertz CT molecular complexity index is 1900. The smallest absolute Gasteiger partial charge is 0.328 e. The van der Waals surface area contributed by atoms with Crippen LogP contribution in [0, 0.1) is 5.82 Å². The number of halogens is 1. The number of benzene rings is 3. The van der Waals surface area contributed by atoms with E-state index in [4.69, 9.17) is 9.72 Å². The van der Waals surface area contributed by atoms with Crippen molar-refractivity contribution in [2.75, 3.05) is 28.7 Å². The maximum atomic E-state index is 13.5. The number of nitrogens with one attached hydrogen (secondary N) is 2. The molecule has 2 atom stereocenters. The van der Waals surface area contributed by atoms with Gasteiger partial charge in [0.05, 0.1) is 12.3 Å². The van der Waals surface area contributed by atoms with Gasteiger partial charge in [0.15, 0.2) is 0 Å². The summed E-state index contributed by atoms with van der Waals surface area (Å²) in [6.45, 7) is 4.68. The summed E-state index contributed by atoms with van der Waals surface area (Å²) < 4.78 is 18.9. The number of pyridine rings is 1. The molecule has 1 aliphatic rings. The van der Waals surface area contributed by atoms with Crippen molar-refractivity contribution in [2.24, 2.45) is 0 Å². The van der Waals surface area contributed by atoms with E-state index in [9.17, 15) is 18.8 Å². The molecule has 1 aromatic heterocycles. The van der Waals surface area contributed by atoms with Crippen molar-refractivity contribution < 1.29 is 13.9 Å². The first-order chi connectivity index (χ1) is 21.8. The molecule has 0 amide bonds. The van der Waals surface area contributed by atoms with Crippen molar-refractivity contribution in [3.63, 3.8) is 0 Å². The summed E-state index contributed by atoms with van der Waals surface area (Å²) >= 11 is 0. The van der Waals surface area contributed by atoms with Crippen molar-refractivity contribution in [1.29, 1.82) is 0 Å². The summed E-state index contributed by atoms with van der Waals surface area (Å²) in [5, 5.41) is 8.42. The van der Waals surface area contributed by atoms with Crippen LogP contribution in [0.5, 0.6) is 0 Å². The fraction of sp³-hybridized carbons (Fsp3) is 0.278. The molecule has 0 bridgehead atoms. The van der Waals surface area contributed by atoms with Crippen LogP contribution in [0.3, 0.4) is 0 Å². The highest BCUT2D eigenvalue weighted by atomic mass is 19.1. The van der Waals surface area contributed by atoms with Gasteiger partial charge in [-0.2, -0.15) is 0 Å². The second kappa shape index (κ2) is 12.9. The highest BCUT2D eigenvalue weighted by molar-refractivity contribution is 5.96. The molecule has 0 radical (unpaired) electrons. The lowest BCUT2D eigenvalue weighted by atomic mass is 9.99. The van der Waals surface area contributed by atoms with Gasteiger partial charge in [-0.15, -0.1) is 0 Å². The maximum Gasteiger partial charge on any atom is 0.328 e. The van der Waals surface area contributed by atoms with Crippen molar-refractivity contribution >= 4 is 39.6 Å². The lowest BCUT2D eigenvalue weighted by Gasteiger charge is -2.37. The van der Waals surface area contributed by atoms with Crippen molar-refractivity contribution in [1.82, 2.24) is 4.98 Å². The van der Waals surface area contributed by atoms with E-state index >= 15 is 0 Å². The summed E-state index contributed by atoms with van der Waals surface area (Å²) in [6, 6.07) is 23.0. The van der Waals surface area contributed by atoms with Gasteiger partial charge in [0.1, 0.15) is 29.1 Å². The number of rotatable bonds is 10. The van der Waals surface area contributed by atoms with Crippen LogP contribution in [0.4, 0.5) is 27.3 Å². The molecule has 45 heavy (non-hydrogen) atoms. The first-order valence-electron chi connectivity index (χ1n) is 15.4. The Labute approximate surface area is 260 Å². The fourth-order valence-electron chi connectivity index (χ4n) is 5.99. The van der Waals surface area contributed by atoms with Crippen LogP contribution in [-0.4, -0.2) is 36.2 Å². The first-order valence-corrected chi connectivity index (χ1v) is 15.4. The number of aromatic nitrogens is 1. The third-order valence-electron chi connectivity index (χ3n) is 8.40. The van der Waals surface area contributed by atoms with Crippen LogP contribution in [-0.2, 0) is 16.0 Å². The minimum Gasteiger partial charge on any atom is -0.464 e. The molecule has 230 valence electrons. The van der Waals surface area contributed by atoms with E-state index in [1.54, 1.807) is 19.1 Å². The Morgan fingerprint density at radius 1 is 1.02 bits per heavy atom. The average Bonchev–Trinajstić information content (AvgIpc) is 3.05. The molecule has 9 heteroatoms. The summed E-state index contributed by atoms with van der Waals surface area (Å²) in [7, 11) is 0. The van der Waals surface area contributed by atoms with E-state index in [2.05, 4.69) is 17.6 Å². The van der Waals surface area contributed by atoms with Gasteiger partial charge in [0, 0.05) is 35.6 Å². The van der Waals surface area contributed by atoms with E-state index in [0.29, 0.717) is 23.7 Å². The molecule has 1 aliphatic heterocycles. The molecule has 2 N–H and O–H groups in total. The highest BCUT2D eigenvalue weighted by Gasteiger charge is 2.33. The number of nitrogens with zero attached hydrogens (tertiary/aromatic N) is 2. The maximum absolute atomic E-state index is 13.5. The van der Waals surface area contributed by atoms with Gasteiger partial charge in [-0.05, 0) is 86.5 Å². The molecule has 4 aromatic carbocycles. The second-order valence-electron chi connectivity index (χ2n) is 11.5. The summed E-state index contributed by atoms with van der Waals surface area (Å²) in [4.78, 5) is 45.1. The average molecular weight is 607 g/mol. The van der Waals surface area contributed by atoms with Crippen molar-refractivity contribution in [2.45, 2.75) is 51.6 Å². The number of hydrogen-bond donors (Lipinski definition) is 2. The summed E-state index contributed by atoms with van der Waals surface area (Å²) in [5.74, 6) is -0.135. The topological polar surface area (TPSA) is 101 Å². The zero-order valence-electron chi connectivity index (χ0n) is 25.3. The van der Waals surface area contributed by atoms with E-state index in [1.165, 1.54) is 12.1 Å². The van der Waals surface area contributed by atoms with Gasteiger partial charge >= 0.3 is 5.97 Å². The number of piperidine rings is 1. The summed E-state index contributed by atoms with van der Waals surface area (Å²) in [5.41, 5.74) is 2.62. The van der Waals surface area contributed by atoms with E-state index in [0.717, 1.165) is 46.8 Å². The highest BCUT2D eigenvalue weighted by Crippen LogP contribution is 2.31. The molecule has 0 aliphatic carbocycles. The van der Waals surface area contributed by atoms with Crippen LogP contribution in [0.2, 0.25) is 0 Å². The van der Waals surface area contributed by atoms with Crippen molar-refractivity contribution in [3.05, 3.63) is 111 Å². The molecular formula is C36H35FN4O4. The third kappa shape index (κ3) is 6.29. The van der Waals surface area contributed by atoms with Crippen LogP contribution >= 0.6 is 0 Å². The minimum atomic E-state index is -0.844. The molecule has 5 aromatic rings. The Morgan fingerprint density at radius 2 is 1.78 bits per heavy atom. The standard InChI is InChI=1S/C36H35FN4O4/c1-3-45-36(44)30(39-31-32(34(43)33(31)42)41-19-7-6-8-22(41)2)20-23-11-17-27(18-12-23)38-35-28-10-5-4-9-25(28)21-29(40-35)24-13-15-26(37)16-14-24/h4-5,9-18,21-22,30,39H,3,6-8,19-20H2,1-2H3,(H,38,40)/t22?,30-/m0/s1. The lowest BCUT2D eigenvalue weighted by molar-refractivity contribution is -0.144. The Balaban J connectivity index is 1.23. The zero-order chi connectivity index (χ0) is 31.5. The lowest BCUT2D eigenvalue weighted by Crippen LogP contribution is -2.49. The number of carbonyl (C=O) groups is 1. The predicted octanol–water partition coefficient (Wildman–Crippen LogP) is 6.35. The number of carbonyl (C=O) groups excluding carboxylic acids is 1. The second-order valence-corrected chi connectivity index (χ2v) is 11.5. The van der Waals surface area contributed by atoms with Gasteiger partial charge < -0.3 is 20.3 Å². The Hall–Kier alpha value is -5.05. The van der Waals surface area contributed by atoms with Crippen LogP contribution in [0.15, 0.2) is 88.5 Å². The molecule has 8 nitrogen and oxygen atoms in total. The van der Waals surface area contributed by atoms with Crippen LogP contribution < -0.4 is 26.4 Å². The number of anilines is 4. The van der Waals surface area contributed by atoms with Crippen molar-refractivity contribution in [3.8, 4) is 11.3 Å². The zero-order valence-corrected chi connectivity index (χ0v) is 25.3. The van der Waals surface area contributed by atoms with Gasteiger partial charge in [-0.25, -0.2) is 14.2 Å². The van der Waals surface area contributed by atoms with E-state index < -0.39 is 22.9 Å². The molecular weight excluding hydrogens is 571 g/mol. The largest absolute Gasteiger partial charge is 0.464 e. The first kappa shape index (κ1) is 30.0. The molecule has 1 fully saturated rings. The van der Waals surface area contributed by atoms with Gasteiger partial charge in [0.25, 0.3) is 10.9 Å².